The Bertz CT molecular complexity index is 566. The van der Waals surface area contributed by atoms with Gasteiger partial charge in [0.15, 0.2) is 27.9 Å². The molecule has 2 rings (SSSR count). The van der Waals surface area contributed by atoms with Crippen LogP contribution in [0.25, 0.3) is 11.6 Å². The number of hydrogen-bond acceptors (Lipinski definition) is 4. The minimum atomic E-state index is -0.440. The Hall–Kier alpha value is -0.950. The van der Waals surface area contributed by atoms with Crippen LogP contribution in [0.2, 0.25) is 0 Å². The van der Waals surface area contributed by atoms with Gasteiger partial charge in [0.05, 0.1) is 10.2 Å². The summed E-state index contributed by atoms with van der Waals surface area (Å²) < 4.78 is 20.5. The van der Waals surface area contributed by atoms with Gasteiger partial charge in [0, 0.05) is 12.6 Å². The minimum absolute atomic E-state index is 0.184. The molecule has 96 valence electrons. The molecule has 0 aromatic carbocycles. The van der Waals surface area contributed by atoms with E-state index in [1.165, 1.54) is 0 Å². The molecule has 0 saturated carbocycles. The van der Waals surface area contributed by atoms with E-state index in [0.717, 1.165) is 4.47 Å². The Morgan fingerprint density at radius 2 is 2.11 bits per heavy atom. The van der Waals surface area contributed by atoms with E-state index in [2.05, 4.69) is 47.1 Å². The van der Waals surface area contributed by atoms with Crippen molar-refractivity contribution < 1.29 is 8.81 Å². The van der Waals surface area contributed by atoms with Crippen LogP contribution in [0.15, 0.2) is 19.6 Å². The molecule has 0 amide bonds. The molecule has 2 aromatic rings. The molecule has 7 heteroatoms. The van der Waals surface area contributed by atoms with Crippen LogP contribution in [0.3, 0.4) is 0 Å². The summed E-state index contributed by atoms with van der Waals surface area (Å²) in [5.41, 5.74) is 0.277. The molecule has 0 aliphatic carbocycles. The summed E-state index contributed by atoms with van der Waals surface area (Å²) in [6, 6.07) is 1.73. The van der Waals surface area contributed by atoms with Crippen LogP contribution >= 0.6 is 31.9 Å². The van der Waals surface area contributed by atoms with Crippen molar-refractivity contribution in [2.75, 3.05) is 11.9 Å². The van der Waals surface area contributed by atoms with Crippen molar-refractivity contribution in [3.8, 4) is 11.6 Å². The van der Waals surface area contributed by atoms with Gasteiger partial charge in [0.1, 0.15) is 0 Å². The van der Waals surface area contributed by atoms with E-state index in [1.54, 1.807) is 13.0 Å². The van der Waals surface area contributed by atoms with Crippen LogP contribution in [0.5, 0.6) is 0 Å². The van der Waals surface area contributed by atoms with E-state index in [1.807, 2.05) is 6.92 Å². The molecule has 0 aliphatic rings. The van der Waals surface area contributed by atoms with Crippen molar-refractivity contribution in [3.63, 3.8) is 0 Å². The molecule has 2 heterocycles. The third kappa shape index (κ3) is 2.56. The lowest BCUT2D eigenvalue weighted by atomic mass is 10.3. The molecule has 0 bridgehead atoms. The zero-order chi connectivity index (χ0) is 13.3. The summed E-state index contributed by atoms with van der Waals surface area (Å²) in [6.07, 6.45) is 0. The van der Waals surface area contributed by atoms with E-state index < -0.39 is 5.82 Å². The SMILES string of the molecule is CCNc1nc(-c2cc(Br)c(Br)o2)nc(C)c1F. The van der Waals surface area contributed by atoms with Crippen molar-refractivity contribution >= 4 is 37.7 Å². The third-order valence-corrected chi connectivity index (χ3v) is 3.94. The standard InChI is InChI=1S/C11H10Br2FN3O/c1-3-15-11-8(14)5(2)16-10(17-11)7-4-6(12)9(13)18-7/h4H,3H2,1-2H3,(H,15,16,17). The molecule has 0 unspecified atom stereocenters. The fourth-order valence-corrected chi connectivity index (χ4v) is 1.99. The van der Waals surface area contributed by atoms with E-state index >= 15 is 0 Å². The molecular formula is C11H10Br2FN3O. The Labute approximate surface area is 120 Å². The first kappa shape index (κ1) is 13.5. The third-order valence-electron chi connectivity index (χ3n) is 2.23. The molecule has 0 radical (unpaired) electrons. The maximum Gasteiger partial charge on any atom is 0.198 e. The number of halogens is 3. The summed E-state index contributed by atoms with van der Waals surface area (Å²) in [5, 5.41) is 2.86. The van der Waals surface area contributed by atoms with Gasteiger partial charge in [0.25, 0.3) is 0 Å². The van der Waals surface area contributed by atoms with Crippen molar-refractivity contribution in [1.82, 2.24) is 9.97 Å². The molecule has 0 aliphatic heterocycles. The summed E-state index contributed by atoms with van der Waals surface area (Å²) in [7, 11) is 0. The van der Waals surface area contributed by atoms with Gasteiger partial charge in [-0.3, -0.25) is 0 Å². The first-order valence-electron chi connectivity index (χ1n) is 5.26. The molecular weight excluding hydrogens is 369 g/mol. The Morgan fingerprint density at radius 1 is 1.39 bits per heavy atom. The predicted octanol–water partition coefficient (Wildman–Crippen LogP) is 4.14. The van der Waals surface area contributed by atoms with Crippen LogP contribution < -0.4 is 5.32 Å². The average Bonchev–Trinajstić information content (AvgIpc) is 2.65. The molecule has 0 saturated heterocycles. The number of furan rings is 1. The van der Waals surface area contributed by atoms with E-state index in [4.69, 9.17) is 4.42 Å². The molecule has 2 aromatic heterocycles. The normalized spacial score (nSPS) is 10.7. The fraction of sp³-hybridized carbons (Fsp3) is 0.273. The molecule has 18 heavy (non-hydrogen) atoms. The topological polar surface area (TPSA) is 51.0 Å². The van der Waals surface area contributed by atoms with Gasteiger partial charge in [-0.2, -0.15) is 0 Å². The number of hydrogen-bond donors (Lipinski definition) is 1. The lowest BCUT2D eigenvalue weighted by molar-refractivity contribution is 0.546. The largest absolute Gasteiger partial charge is 0.445 e. The number of nitrogens with zero attached hydrogens (tertiary/aromatic N) is 2. The number of aromatic nitrogens is 2. The van der Waals surface area contributed by atoms with Gasteiger partial charge in [-0.15, -0.1) is 0 Å². The van der Waals surface area contributed by atoms with Gasteiger partial charge < -0.3 is 9.73 Å². The average molecular weight is 379 g/mol. The van der Waals surface area contributed by atoms with Gasteiger partial charge in [0.2, 0.25) is 0 Å². The predicted molar refractivity (Wildman–Crippen MR) is 74.0 cm³/mol. The Morgan fingerprint density at radius 3 is 2.67 bits per heavy atom. The lowest BCUT2D eigenvalue weighted by Gasteiger charge is -2.07. The summed E-state index contributed by atoms with van der Waals surface area (Å²) in [6.45, 7) is 4.05. The number of anilines is 1. The monoisotopic (exact) mass is 377 g/mol. The molecule has 0 atom stereocenters. The highest BCUT2D eigenvalue weighted by Gasteiger charge is 2.16. The van der Waals surface area contributed by atoms with Crippen molar-refractivity contribution in [3.05, 3.63) is 26.7 Å². The number of aryl methyl sites for hydroxylation is 1. The summed E-state index contributed by atoms with van der Waals surface area (Å²) >= 11 is 6.55. The zero-order valence-corrected chi connectivity index (χ0v) is 12.9. The maximum absolute atomic E-state index is 13.7. The lowest BCUT2D eigenvalue weighted by Crippen LogP contribution is -2.06. The molecule has 4 nitrogen and oxygen atoms in total. The van der Waals surface area contributed by atoms with Crippen molar-refractivity contribution in [2.24, 2.45) is 0 Å². The highest BCUT2D eigenvalue weighted by molar-refractivity contribution is 9.13. The minimum Gasteiger partial charge on any atom is -0.445 e. The van der Waals surface area contributed by atoms with Gasteiger partial charge in [-0.05, 0) is 45.7 Å². The molecule has 0 fully saturated rings. The summed E-state index contributed by atoms with van der Waals surface area (Å²) in [4.78, 5) is 8.19. The first-order valence-corrected chi connectivity index (χ1v) is 6.84. The smallest absolute Gasteiger partial charge is 0.198 e. The van der Waals surface area contributed by atoms with Crippen molar-refractivity contribution in [2.45, 2.75) is 13.8 Å². The highest BCUT2D eigenvalue weighted by Crippen LogP contribution is 2.32. The second-order valence-corrected chi connectivity index (χ2v) is 5.13. The van der Waals surface area contributed by atoms with Crippen molar-refractivity contribution in [1.29, 1.82) is 0 Å². The Balaban J connectivity index is 2.51. The van der Waals surface area contributed by atoms with E-state index in [0.29, 0.717) is 22.8 Å². The van der Waals surface area contributed by atoms with Gasteiger partial charge in [-0.1, -0.05) is 0 Å². The zero-order valence-electron chi connectivity index (χ0n) is 9.72. The maximum atomic E-state index is 13.7. The van der Waals surface area contributed by atoms with Crippen LogP contribution in [-0.2, 0) is 0 Å². The fourth-order valence-electron chi connectivity index (χ4n) is 1.41. The molecule has 0 spiro atoms. The van der Waals surface area contributed by atoms with Crippen LogP contribution in [0.4, 0.5) is 10.2 Å². The first-order chi connectivity index (χ1) is 8.52. The van der Waals surface area contributed by atoms with Crippen LogP contribution in [0, 0.1) is 12.7 Å². The highest BCUT2D eigenvalue weighted by atomic mass is 79.9. The second kappa shape index (κ2) is 5.36. The Kier molecular flexibility index (Phi) is 4.01. The second-order valence-electron chi connectivity index (χ2n) is 3.56. The quantitative estimate of drug-likeness (QED) is 0.871. The van der Waals surface area contributed by atoms with Crippen LogP contribution in [0.1, 0.15) is 12.6 Å². The number of nitrogens with one attached hydrogen (secondary N) is 1. The summed E-state index contributed by atoms with van der Waals surface area (Å²) in [5.74, 6) is 0.557. The molecule has 1 N–H and O–H groups in total. The van der Waals surface area contributed by atoms with Crippen LogP contribution in [-0.4, -0.2) is 16.5 Å². The number of rotatable bonds is 3. The van der Waals surface area contributed by atoms with E-state index in [9.17, 15) is 4.39 Å². The van der Waals surface area contributed by atoms with E-state index in [-0.39, 0.29) is 11.5 Å². The van der Waals surface area contributed by atoms with Gasteiger partial charge >= 0.3 is 0 Å². The van der Waals surface area contributed by atoms with Gasteiger partial charge in [-0.25, -0.2) is 14.4 Å².